The number of carbonyl (C=O) groups is 1. The van der Waals surface area contributed by atoms with Crippen LogP contribution in [0.1, 0.15) is 17.0 Å². The number of imidazole rings is 1. The minimum atomic E-state index is -0.0269. The van der Waals surface area contributed by atoms with Crippen LogP contribution in [0.25, 0.3) is 0 Å². The molecular formula is C17H23N3O2S. The average molecular weight is 333 g/mol. The van der Waals surface area contributed by atoms with Crippen LogP contribution < -0.4 is 5.32 Å². The molecule has 1 aromatic carbocycles. The first-order valence-corrected chi connectivity index (χ1v) is 8.52. The number of aromatic nitrogens is 2. The zero-order chi connectivity index (χ0) is 16.8. The van der Waals surface area contributed by atoms with Gasteiger partial charge in [0.1, 0.15) is 0 Å². The van der Waals surface area contributed by atoms with Crippen LogP contribution in [0.3, 0.4) is 0 Å². The Balaban J connectivity index is 1.99. The Morgan fingerprint density at radius 3 is 2.74 bits per heavy atom. The highest BCUT2D eigenvalue weighted by atomic mass is 32.2. The molecule has 0 aliphatic carbocycles. The van der Waals surface area contributed by atoms with Crippen LogP contribution in [0.15, 0.2) is 29.4 Å². The fourth-order valence-corrected chi connectivity index (χ4v) is 3.13. The normalized spacial score (nSPS) is 10.8. The number of nitrogens with one attached hydrogen (secondary N) is 1. The summed E-state index contributed by atoms with van der Waals surface area (Å²) in [6, 6.07) is 7.76. The van der Waals surface area contributed by atoms with Gasteiger partial charge in [-0.1, -0.05) is 30.0 Å². The molecule has 1 N–H and O–H groups in total. The molecule has 0 saturated carbocycles. The Hall–Kier alpha value is -1.79. The number of rotatable bonds is 7. The third-order valence-electron chi connectivity index (χ3n) is 3.69. The van der Waals surface area contributed by atoms with Gasteiger partial charge in [-0.25, -0.2) is 4.98 Å². The van der Waals surface area contributed by atoms with Crippen LogP contribution in [0.2, 0.25) is 0 Å². The van der Waals surface area contributed by atoms with Crippen molar-refractivity contribution >= 4 is 23.4 Å². The van der Waals surface area contributed by atoms with Crippen LogP contribution in [0.4, 0.5) is 5.69 Å². The molecule has 1 heterocycles. The molecule has 0 atom stereocenters. The van der Waals surface area contributed by atoms with Crippen molar-refractivity contribution in [2.45, 2.75) is 32.5 Å². The third-order valence-corrected chi connectivity index (χ3v) is 4.67. The number of anilines is 1. The van der Waals surface area contributed by atoms with Gasteiger partial charge in [0.05, 0.1) is 18.1 Å². The Morgan fingerprint density at radius 2 is 2.04 bits per heavy atom. The van der Waals surface area contributed by atoms with Gasteiger partial charge in [-0.05, 0) is 32.4 Å². The molecule has 0 aliphatic heterocycles. The van der Waals surface area contributed by atoms with Gasteiger partial charge in [-0.2, -0.15) is 0 Å². The number of benzene rings is 1. The molecule has 0 unspecified atom stereocenters. The SMILES string of the molecule is COCCn1c(SCC(=O)Nc2ccccc2C)nc(C)c1C. The number of methoxy groups -OCH3 is 1. The van der Waals surface area contributed by atoms with Gasteiger partial charge in [0, 0.05) is 25.0 Å². The van der Waals surface area contributed by atoms with E-state index in [0.29, 0.717) is 12.4 Å². The molecule has 0 radical (unpaired) electrons. The van der Waals surface area contributed by atoms with Gasteiger partial charge in [0.25, 0.3) is 0 Å². The zero-order valence-electron chi connectivity index (χ0n) is 14.0. The number of ether oxygens (including phenoxy) is 1. The van der Waals surface area contributed by atoms with E-state index in [1.165, 1.54) is 11.8 Å². The van der Waals surface area contributed by atoms with Crippen molar-refractivity contribution in [1.82, 2.24) is 9.55 Å². The summed E-state index contributed by atoms with van der Waals surface area (Å²) in [5.41, 5.74) is 4.01. The van der Waals surface area contributed by atoms with E-state index < -0.39 is 0 Å². The number of nitrogens with zero attached hydrogens (tertiary/aromatic N) is 2. The van der Waals surface area contributed by atoms with Crippen molar-refractivity contribution in [1.29, 1.82) is 0 Å². The molecule has 23 heavy (non-hydrogen) atoms. The molecule has 0 aliphatic rings. The molecule has 0 saturated heterocycles. The molecule has 1 aromatic heterocycles. The average Bonchev–Trinajstić information content (AvgIpc) is 2.80. The first kappa shape index (κ1) is 17.6. The van der Waals surface area contributed by atoms with Crippen LogP contribution >= 0.6 is 11.8 Å². The first-order chi connectivity index (χ1) is 11.0. The quantitative estimate of drug-likeness (QED) is 0.791. The van der Waals surface area contributed by atoms with Crippen LogP contribution in [0.5, 0.6) is 0 Å². The molecule has 0 fully saturated rings. The van der Waals surface area contributed by atoms with Gasteiger partial charge in [-0.3, -0.25) is 4.79 Å². The minimum absolute atomic E-state index is 0.0269. The summed E-state index contributed by atoms with van der Waals surface area (Å²) in [6.45, 7) is 7.36. The maximum absolute atomic E-state index is 12.2. The van der Waals surface area contributed by atoms with E-state index in [9.17, 15) is 4.79 Å². The van der Waals surface area contributed by atoms with Gasteiger partial charge in [0.2, 0.25) is 5.91 Å². The molecular weight excluding hydrogens is 310 g/mol. The van der Waals surface area contributed by atoms with Crippen molar-refractivity contribution in [2.75, 3.05) is 24.8 Å². The number of para-hydroxylation sites is 1. The van der Waals surface area contributed by atoms with Crippen LogP contribution in [-0.4, -0.2) is 34.9 Å². The maximum atomic E-state index is 12.2. The Kier molecular flexibility index (Phi) is 6.24. The monoisotopic (exact) mass is 333 g/mol. The molecule has 5 nitrogen and oxygen atoms in total. The highest BCUT2D eigenvalue weighted by Gasteiger charge is 2.13. The molecule has 2 rings (SSSR count). The van der Waals surface area contributed by atoms with Crippen molar-refractivity contribution in [3.63, 3.8) is 0 Å². The van der Waals surface area contributed by atoms with Gasteiger partial charge < -0.3 is 14.6 Å². The lowest BCUT2D eigenvalue weighted by molar-refractivity contribution is -0.113. The summed E-state index contributed by atoms with van der Waals surface area (Å²) in [4.78, 5) is 16.7. The number of carbonyl (C=O) groups excluding carboxylic acids is 1. The second kappa shape index (κ2) is 8.17. The van der Waals surface area contributed by atoms with Gasteiger partial charge in [0.15, 0.2) is 5.16 Å². The zero-order valence-corrected chi connectivity index (χ0v) is 14.9. The molecule has 0 spiro atoms. The molecule has 6 heteroatoms. The van der Waals surface area contributed by atoms with E-state index in [-0.39, 0.29) is 5.91 Å². The summed E-state index contributed by atoms with van der Waals surface area (Å²) in [5, 5.41) is 3.80. The fraction of sp³-hybridized carbons (Fsp3) is 0.412. The topological polar surface area (TPSA) is 56.1 Å². The second-order valence-electron chi connectivity index (χ2n) is 5.36. The molecule has 0 bridgehead atoms. The Morgan fingerprint density at radius 1 is 1.30 bits per heavy atom. The van der Waals surface area contributed by atoms with Crippen molar-refractivity contribution < 1.29 is 9.53 Å². The summed E-state index contributed by atoms with van der Waals surface area (Å²) in [7, 11) is 1.68. The van der Waals surface area contributed by atoms with Crippen LogP contribution in [-0.2, 0) is 16.1 Å². The summed E-state index contributed by atoms with van der Waals surface area (Å²) in [6.07, 6.45) is 0. The van der Waals surface area contributed by atoms with Gasteiger partial charge >= 0.3 is 0 Å². The molecule has 1 amide bonds. The highest BCUT2D eigenvalue weighted by Crippen LogP contribution is 2.22. The van der Waals surface area contributed by atoms with Crippen molar-refractivity contribution in [3.8, 4) is 0 Å². The number of thioether (sulfide) groups is 1. The summed E-state index contributed by atoms with van der Waals surface area (Å²) < 4.78 is 7.25. The largest absolute Gasteiger partial charge is 0.383 e. The lowest BCUT2D eigenvalue weighted by Gasteiger charge is -2.10. The number of hydrogen-bond acceptors (Lipinski definition) is 4. The van der Waals surface area contributed by atoms with Crippen LogP contribution in [0, 0.1) is 20.8 Å². The van der Waals surface area contributed by atoms with E-state index in [1.807, 2.05) is 45.0 Å². The minimum Gasteiger partial charge on any atom is -0.383 e. The van der Waals surface area contributed by atoms with E-state index in [4.69, 9.17) is 4.74 Å². The standard InChI is InChI=1S/C17H23N3O2S/c1-12-7-5-6-8-15(12)19-16(21)11-23-17-18-13(2)14(3)20(17)9-10-22-4/h5-8H,9-11H2,1-4H3,(H,19,21). The Bertz CT molecular complexity index is 682. The van der Waals surface area contributed by atoms with Crippen molar-refractivity contribution in [3.05, 3.63) is 41.2 Å². The number of hydrogen-bond donors (Lipinski definition) is 1. The lowest BCUT2D eigenvalue weighted by atomic mass is 10.2. The molecule has 2 aromatic rings. The smallest absolute Gasteiger partial charge is 0.234 e. The Labute approximate surface area is 141 Å². The maximum Gasteiger partial charge on any atom is 0.234 e. The third kappa shape index (κ3) is 4.59. The summed E-state index contributed by atoms with van der Waals surface area (Å²) >= 11 is 1.45. The lowest BCUT2D eigenvalue weighted by Crippen LogP contribution is -2.15. The first-order valence-electron chi connectivity index (χ1n) is 7.54. The predicted molar refractivity (Wildman–Crippen MR) is 94.1 cm³/mol. The van der Waals surface area contributed by atoms with E-state index in [1.54, 1.807) is 7.11 Å². The fourth-order valence-electron chi connectivity index (χ4n) is 2.21. The summed E-state index contributed by atoms with van der Waals surface area (Å²) in [5.74, 6) is 0.304. The van der Waals surface area contributed by atoms with Gasteiger partial charge in [-0.15, -0.1) is 0 Å². The van der Waals surface area contributed by atoms with E-state index >= 15 is 0 Å². The highest BCUT2D eigenvalue weighted by molar-refractivity contribution is 7.99. The number of aryl methyl sites for hydroxylation is 2. The van der Waals surface area contributed by atoms with Crippen molar-refractivity contribution in [2.24, 2.45) is 0 Å². The number of amides is 1. The second-order valence-corrected chi connectivity index (χ2v) is 6.30. The molecule has 124 valence electrons. The van der Waals surface area contributed by atoms with E-state index in [0.717, 1.165) is 34.3 Å². The van der Waals surface area contributed by atoms with E-state index in [2.05, 4.69) is 14.9 Å². The predicted octanol–water partition coefficient (Wildman–Crippen LogP) is 3.19.